The highest BCUT2D eigenvalue weighted by Gasteiger charge is 2.04. The average molecular weight is 217 g/mol. The first-order valence-electron chi connectivity index (χ1n) is 5.13. The van der Waals surface area contributed by atoms with Gasteiger partial charge < -0.3 is 15.5 Å². The lowest BCUT2D eigenvalue weighted by atomic mass is 10.1. The van der Waals surface area contributed by atoms with Gasteiger partial charge >= 0.3 is 0 Å². The van der Waals surface area contributed by atoms with Gasteiger partial charge in [-0.2, -0.15) is 0 Å². The largest absolute Gasteiger partial charge is 0.496 e. The van der Waals surface area contributed by atoms with Crippen LogP contribution in [0.3, 0.4) is 0 Å². The predicted molar refractivity (Wildman–Crippen MR) is 63.2 cm³/mol. The molecule has 0 radical (unpaired) electrons. The summed E-state index contributed by atoms with van der Waals surface area (Å²) in [7, 11) is 1.67. The number of H-pyrrole nitrogens is 1. The minimum Gasteiger partial charge on any atom is -0.496 e. The van der Waals surface area contributed by atoms with Crippen molar-refractivity contribution < 1.29 is 4.74 Å². The molecule has 0 aliphatic rings. The van der Waals surface area contributed by atoms with Gasteiger partial charge in [0.1, 0.15) is 11.6 Å². The quantitative estimate of drug-likeness (QED) is 0.824. The van der Waals surface area contributed by atoms with E-state index in [4.69, 9.17) is 10.5 Å². The number of imidazole rings is 1. The number of hydrogen-bond donors (Lipinski definition) is 2. The maximum absolute atomic E-state index is 5.50. The fourth-order valence-electron chi connectivity index (χ4n) is 1.66. The first-order valence-corrected chi connectivity index (χ1v) is 5.13. The SMILES string of the molecule is COc1ccc(-c2cnc(CN)[nH]2)cc1C. The minimum atomic E-state index is 0.426. The van der Waals surface area contributed by atoms with Crippen molar-refractivity contribution in [3.8, 4) is 17.0 Å². The van der Waals surface area contributed by atoms with Gasteiger partial charge in [-0.1, -0.05) is 0 Å². The molecule has 16 heavy (non-hydrogen) atoms. The lowest BCUT2D eigenvalue weighted by molar-refractivity contribution is 0.412. The molecule has 4 heteroatoms. The second-order valence-corrected chi connectivity index (χ2v) is 3.63. The zero-order valence-electron chi connectivity index (χ0n) is 9.45. The summed E-state index contributed by atoms with van der Waals surface area (Å²) in [6, 6.07) is 6.01. The van der Waals surface area contributed by atoms with Gasteiger partial charge in [-0.3, -0.25) is 0 Å². The average Bonchev–Trinajstić information content (AvgIpc) is 2.77. The van der Waals surface area contributed by atoms with E-state index >= 15 is 0 Å². The smallest absolute Gasteiger partial charge is 0.121 e. The van der Waals surface area contributed by atoms with Crippen molar-refractivity contribution in [3.63, 3.8) is 0 Å². The Morgan fingerprint density at radius 1 is 1.44 bits per heavy atom. The molecule has 1 aromatic carbocycles. The van der Waals surface area contributed by atoms with E-state index in [1.165, 1.54) is 0 Å². The molecule has 0 fully saturated rings. The third-order valence-corrected chi connectivity index (χ3v) is 2.53. The van der Waals surface area contributed by atoms with Gasteiger partial charge in [0.15, 0.2) is 0 Å². The molecule has 1 heterocycles. The Kier molecular flexibility index (Phi) is 2.92. The van der Waals surface area contributed by atoms with E-state index in [-0.39, 0.29) is 0 Å². The maximum atomic E-state index is 5.50. The van der Waals surface area contributed by atoms with Gasteiger partial charge in [0.25, 0.3) is 0 Å². The Bertz CT molecular complexity index is 491. The van der Waals surface area contributed by atoms with Gasteiger partial charge in [-0.05, 0) is 30.7 Å². The minimum absolute atomic E-state index is 0.426. The van der Waals surface area contributed by atoms with Gasteiger partial charge in [-0.25, -0.2) is 4.98 Å². The molecule has 0 amide bonds. The van der Waals surface area contributed by atoms with Crippen molar-refractivity contribution in [2.24, 2.45) is 5.73 Å². The summed E-state index contributed by atoms with van der Waals surface area (Å²) in [5.74, 6) is 1.69. The first kappa shape index (κ1) is 10.7. The van der Waals surface area contributed by atoms with Crippen LogP contribution in [0.25, 0.3) is 11.3 Å². The van der Waals surface area contributed by atoms with Crippen LogP contribution in [0, 0.1) is 6.92 Å². The molecule has 4 nitrogen and oxygen atoms in total. The van der Waals surface area contributed by atoms with Crippen LogP contribution >= 0.6 is 0 Å². The highest BCUT2D eigenvalue weighted by Crippen LogP contribution is 2.24. The molecule has 3 N–H and O–H groups in total. The van der Waals surface area contributed by atoms with Crippen molar-refractivity contribution >= 4 is 0 Å². The fraction of sp³-hybridized carbons (Fsp3) is 0.250. The zero-order chi connectivity index (χ0) is 11.5. The lowest BCUT2D eigenvalue weighted by Crippen LogP contribution is -1.97. The van der Waals surface area contributed by atoms with Crippen molar-refractivity contribution in [1.82, 2.24) is 9.97 Å². The highest BCUT2D eigenvalue weighted by atomic mass is 16.5. The van der Waals surface area contributed by atoms with E-state index in [0.29, 0.717) is 6.54 Å². The van der Waals surface area contributed by atoms with Crippen LogP contribution in [-0.4, -0.2) is 17.1 Å². The summed E-state index contributed by atoms with van der Waals surface area (Å²) in [5, 5.41) is 0. The molecule has 0 aliphatic carbocycles. The molecule has 0 saturated carbocycles. The van der Waals surface area contributed by atoms with Gasteiger partial charge in [-0.15, -0.1) is 0 Å². The molecule has 0 bridgehead atoms. The summed E-state index contributed by atoms with van der Waals surface area (Å²) in [6.45, 7) is 2.44. The summed E-state index contributed by atoms with van der Waals surface area (Å²) in [6.07, 6.45) is 1.80. The zero-order valence-corrected chi connectivity index (χ0v) is 9.45. The second kappa shape index (κ2) is 4.37. The first-order chi connectivity index (χ1) is 7.74. The van der Waals surface area contributed by atoms with E-state index in [9.17, 15) is 0 Å². The number of aromatic nitrogens is 2. The van der Waals surface area contributed by atoms with E-state index in [0.717, 1.165) is 28.4 Å². The molecule has 1 aromatic heterocycles. The van der Waals surface area contributed by atoms with Crippen molar-refractivity contribution in [2.75, 3.05) is 7.11 Å². The molecule has 2 rings (SSSR count). The van der Waals surface area contributed by atoms with Crippen LogP contribution in [0.5, 0.6) is 5.75 Å². The van der Waals surface area contributed by atoms with Crippen LogP contribution in [-0.2, 0) is 6.54 Å². The van der Waals surface area contributed by atoms with E-state index < -0.39 is 0 Å². The molecular weight excluding hydrogens is 202 g/mol. The monoisotopic (exact) mass is 217 g/mol. The lowest BCUT2D eigenvalue weighted by Gasteiger charge is -2.05. The van der Waals surface area contributed by atoms with Gasteiger partial charge in [0.2, 0.25) is 0 Å². The summed E-state index contributed by atoms with van der Waals surface area (Å²) >= 11 is 0. The molecule has 2 aromatic rings. The Labute approximate surface area is 94.5 Å². The van der Waals surface area contributed by atoms with Crippen LogP contribution in [0.15, 0.2) is 24.4 Å². The molecule has 0 aliphatic heterocycles. The number of hydrogen-bond acceptors (Lipinski definition) is 3. The maximum Gasteiger partial charge on any atom is 0.121 e. The van der Waals surface area contributed by atoms with Crippen LogP contribution in [0.1, 0.15) is 11.4 Å². The van der Waals surface area contributed by atoms with E-state index in [1.54, 1.807) is 13.3 Å². The van der Waals surface area contributed by atoms with Crippen molar-refractivity contribution in [2.45, 2.75) is 13.5 Å². The second-order valence-electron chi connectivity index (χ2n) is 3.63. The molecule has 84 valence electrons. The standard InChI is InChI=1S/C12H15N3O/c1-8-5-9(3-4-11(8)16-2)10-7-14-12(6-13)15-10/h3-5,7H,6,13H2,1-2H3,(H,14,15). The van der Waals surface area contributed by atoms with E-state index in [2.05, 4.69) is 16.0 Å². The predicted octanol–water partition coefficient (Wildman–Crippen LogP) is 1.85. The van der Waals surface area contributed by atoms with Gasteiger partial charge in [0, 0.05) is 5.56 Å². The van der Waals surface area contributed by atoms with Crippen molar-refractivity contribution in [3.05, 3.63) is 35.8 Å². The Hall–Kier alpha value is -1.81. The molecular formula is C12H15N3O. The molecule has 0 spiro atoms. The number of aromatic amines is 1. The van der Waals surface area contributed by atoms with Crippen LogP contribution < -0.4 is 10.5 Å². The summed E-state index contributed by atoms with van der Waals surface area (Å²) in [5.41, 5.74) is 8.67. The molecule has 0 saturated heterocycles. The summed E-state index contributed by atoms with van der Waals surface area (Å²) in [4.78, 5) is 7.34. The number of benzene rings is 1. The number of rotatable bonds is 3. The third kappa shape index (κ3) is 1.92. The number of aryl methyl sites for hydroxylation is 1. The number of nitrogens with one attached hydrogen (secondary N) is 1. The number of methoxy groups -OCH3 is 1. The van der Waals surface area contributed by atoms with Crippen LogP contribution in [0.4, 0.5) is 0 Å². The Morgan fingerprint density at radius 3 is 2.81 bits per heavy atom. The van der Waals surface area contributed by atoms with Crippen molar-refractivity contribution in [1.29, 1.82) is 0 Å². The molecule has 0 unspecified atom stereocenters. The number of ether oxygens (including phenoxy) is 1. The topological polar surface area (TPSA) is 63.9 Å². The number of nitrogens with zero attached hydrogens (tertiary/aromatic N) is 1. The Balaban J connectivity index is 2.37. The number of nitrogens with two attached hydrogens (primary N) is 1. The normalized spacial score (nSPS) is 10.4. The van der Waals surface area contributed by atoms with E-state index in [1.807, 2.05) is 19.1 Å². The fourth-order valence-corrected chi connectivity index (χ4v) is 1.66. The Morgan fingerprint density at radius 2 is 2.25 bits per heavy atom. The molecule has 0 atom stereocenters. The van der Waals surface area contributed by atoms with Gasteiger partial charge in [0.05, 0.1) is 25.5 Å². The third-order valence-electron chi connectivity index (χ3n) is 2.53. The summed E-state index contributed by atoms with van der Waals surface area (Å²) < 4.78 is 5.22. The van der Waals surface area contributed by atoms with Crippen LogP contribution in [0.2, 0.25) is 0 Å². The highest BCUT2D eigenvalue weighted by molar-refractivity contribution is 5.61.